The Bertz CT molecular complexity index is 531. The molecule has 1 rings (SSSR count). The summed E-state index contributed by atoms with van der Waals surface area (Å²) >= 11 is 0. The topological polar surface area (TPSA) is 73.8 Å². The highest BCUT2D eigenvalue weighted by molar-refractivity contribution is 14.0. The lowest BCUT2D eigenvalue weighted by Gasteiger charge is -2.31. The van der Waals surface area contributed by atoms with Crippen LogP contribution in [-0.2, 0) is 10.0 Å². The number of hydrogen-bond donors (Lipinski definition) is 2. The number of nitrogens with zero attached hydrogens (tertiary/aromatic N) is 2. The molecule has 0 unspecified atom stereocenters. The molecule has 1 fully saturated rings. The number of piperidine rings is 1. The minimum Gasteiger partial charge on any atom is -0.356 e. The number of guanidine groups is 1. The van der Waals surface area contributed by atoms with E-state index in [0.29, 0.717) is 35.6 Å². The second kappa shape index (κ2) is 11.5. The van der Waals surface area contributed by atoms with E-state index in [9.17, 15) is 21.6 Å². The molecule has 11 heteroatoms. The summed E-state index contributed by atoms with van der Waals surface area (Å²) in [5.74, 6) is 1.35. The Morgan fingerprint density at radius 1 is 1.19 bits per heavy atom. The first-order chi connectivity index (χ1) is 11.7. The van der Waals surface area contributed by atoms with E-state index in [0.717, 1.165) is 19.4 Å². The fraction of sp³-hybridized carbons (Fsp3) is 0.933. The van der Waals surface area contributed by atoms with E-state index in [2.05, 4.69) is 29.5 Å². The van der Waals surface area contributed by atoms with Gasteiger partial charge in [-0.2, -0.15) is 17.5 Å². The van der Waals surface area contributed by atoms with Gasteiger partial charge in [-0.1, -0.05) is 26.7 Å². The molecule has 0 spiro atoms. The molecule has 0 aromatic carbocycles. The molecular formula is C15H30F3IN4O2S. The maximum Gasteiger partial charge on any atom is 0.511 e. The summed E-state index contributed by atoms with van der Waals surface area (Å²) in [6, 6.07) is 0. The van der Waals surface area contributed by atoms with Gasteiger partial charge in [-0.15, -0.1) is 24.0 Å². The van der Waals surface area contributed by atoms with Crippen LogP contribution in [0, 0.1) is 11.8 Å². The summed E-state index contributed by atoms with van der Waals surface area (Å²) in [7, 11) is -3.54. The van der Waals surface area contributed by atoms with Crippen molar-refractivity contribution in [1.82, 2.24) is 14.9 Å². The molecule has 0 amide bonds. The summed E-state index contributed by atoms with van der Waals surface area (Å²) in [5, 5.41) is 6.42. The van der Waals surface area contributed by atoms with Crippen molar-refractivity contribution in [2.45, 2.75) is 45.0 Å². The first kappa shape index (κ1) is 25.7. The first-order valence-corrected chi connectivity index (χ1v) is 10.1. The maximum atomic E-state index is 12.6. The van der Waals surface area contributed by atoms with Crippen molar-refractivity contribution in [1.29, 1.82) is 0 Å². The lowest BCUT2D eigenvalue weighted by molar-refractivity contribution is -0.0496. The third kappa shape index (κ3) is 7.37. The SMILES string of the molecule is CCC(CC)CNC(=NC)NCC1CCN(S(=O)(=O)C(F)(F)F)CC1.I. The van der Waals surface area contributed by atoms with Crippen molar-refractivity contribution in [3.63, 3.8) is 0 Å². The van der Waals surface area contributed by atoms with Gasteiger partial charge in [-0.3, -0.25) is 4.99 Å². The molecule has 26 heavy (non-hydrogen) atoms. The minimum absolute atomic E-state index is 0. The van der Waals surface area contributed by atoms with Crippen LogP contribution in [0.15, 0.2) is 4.99 Å². The van der Waals surface area contributed by atoms with E-state index in [1.807, 2.05) is 0 Å². The van der Waals surface area contributed by atoms with E-state index in [4.69, 9.17) is 0 Å². The smallest absolute Gasteiger partial charge is 0.356 e. The van der Waals surface area contributed by atoms with Gasteiger partial charge < -0.3 is 10.6 Å². The third-order valence-corrected chi connectivity index (χ3v) is 6.33. The molecule has 156 valence electrons. The van der Waals surface area contributed by atoms with Crippen molar-refractivity contribution in [3.05, 3.63) is 0 Å². The predicted molar refractivity (Wildman–Crippen MR) is 108 cm³/mol. The van der Waals surface area contributed by atoms with Gasteiger partial charge in [0.25, 0.3) is 0 Å². The zero-order chi connectivity index (χ0) is 19.1. The molecule has 1 aliphatic heterocycles. The van der Waals surface area contributed by atoms with Crippen LogP contribution >= 0.6 is 24.0 Å². The molecular weight excluding hydrogens is 484 g/mol. The van der Waals surface area contributed by atoms with Gasteiger partial charge in [0, 0.05) is 33.2 Å². The molecule has 1 saturated heterocycles. The summed E-state index contributed by atoms with van der Waals surface area (Å²) in [5.41, 5.74) is -5.22. The standard InChI is InChI=1S/C15H29F3N4O2S.HI/c1-4-12(5-2)10-20-14(19-3)21-11-13-6-8-22(9-7-13)25(23,24)15(16,17)18;/h12-13H,4-11H2,1-3H3,(H2,19,20,21);1H. The van der Waals surface area contributed by atoms with Crippen molar-refractivity contribution < 1.29 is 21.6 Å². The van der Waals surface area contributed by atoms with Crippen LogP contribution in [0.1, 0.15) is 39.5 Å². The van der Waals surface area contributed by atoms with Crippen LogP contribution < -0.4 is 10.6 Å². The number of nitrogens with one attached hydrogen (secondary N) is 2. The number of hydrogen-bond acceptors (Lipinski definition) is 3. The fourth-order valence-corrected chi connectivity index (χ4v) is 3.76. The highest BCUT2D eigenvalue weighted by atomic mass is 127. The normalized spacial score (nSPS) is 17.9. The minimum atomic E-state index is -5.22. The van der Waals surface area contributed by atoms with Gasteiger partial charge in [-0.05, 0) is 24.7 Å². The number of sulfonamides is 1. The average molecular weight is 514 g/mol. The van der Waals surface area contributed by atoms with E-state index in [1.165, 1.54) is 0 Å². The summed E-state index contributed by atoms with van der Waals surface area (Å²) in [6.07, 6.45) is 2.94. The molecule has 0 atom stereocenters. The lowest BCUT2D eigenvalue weighted by atomic mass is 9.98. The van der Waals surface area contributed by atoms with Gasteiger partial charge in [0.15, 0.2) is 5.96 Å². The van der Waals surface area contributed by atoms with Crippen molar-refractivity contribution >= 4 is 40.0 Å². The highest BCUT2D eigenvalue weighted by Gasteiger charge is 2.50. The molecule has 6 nitrogen and oxygen atoms in total. The monoisotopic (exact) mass is 514 g/mol. The van der Waals surface area contributed by atoms with Crippen LogP contribution in [0.5, 0.6) is 0 Å². The number of alkyl halides is 3. The van der Waals surface area contributed by atoms with Crippen LogP contribution in [-0.4, -0.2) is 57.4 Å². The Balaban J connectivity index is 0.00000625. The highest BCUT2D eigenvalue weighted by Crippen LogP contribution is 2.30. The Morgan fingerprint density at radius 3 is 2.15 bits per heavy atom. The molecule has 0 bridgehead atoms. The van der Waals surface area contributed by atoms with Crippen LogP contribution in [0.2, 0.25) is 0 Å². The molecule has 1 aliphatic rings. The second-order valence-electron chi connectivity index (χ2n) is 6.31. The zero-order valence-corrected chi connectivity index (χ0v) is 18.6. The molecule has 0 aliphatic carbocycles. The Kier molecular flexibility index (Phi) is 11.4. The third-order valence-electron chi connectivity index (χ3n) is 4.70. The van der Waals surface area contributed by atoms with Crippen LogP contribution in [0.4, 0.5) is 13.2 Å². The Hall–Kier alpha value is -0.300. The molecule has 0 aromatic heterocycles. The quantitative estimate of drug-likeness (QED) is 0.312. The number of aliphatic imine (C=N–C) groups is 1. The van der Waals surface area contributed by atoms with E-state index >= 15 is 0 Å². The van der Waals surface area contributed by atoms with Gasteiger partial charge in [-0.25, -0.2) is 8.42 Å². The number of halogens is 4. The van der Waals surface area contributed by atoms with Gasteiger partial charge >= 0.3 is 15.5 Å². The lowest BCUT2D eigenvalue weighted by Crippen LogP contribution is -2.47. The molecule has 1 heterocycles. The van der Waals surface area contributed by atoms with Crippen molar-refractivity contribution in [2.24, 2.45) is 16.8 Å². The maximum absolute atomic E-state index is 12.6. The summed E-state index contributed by atoms with van der Waals surface area (Å²) < 4.78 is 61.0. The Morgan fingerprint density at radius 2 is 1.73 bits per heavy atom. The molecule has 2 N–H and O–H groups in total. The molecule has 0 aromatic rings. The van der Waals surface area contributed by atoms with Crippen LogP contribution in [0.3, 0.4) is 0 Å². The van der Waals surface area contributed by atoms with Crippen LogP contribution in [0.25, 0.3) is 0 Å². The Labute approximate surface area is 171 Å². The molecule has 0 radical (unpaired) electrons. The summed E-state index contributed by atoms with van der Waals surface area (Å²) in [6.45, 7) is 5.43. The first-order valence-electron chi connectivity index (χ1n) is 8.66. The fourth-order valence-electron chi connectivity index (χ4n) is 2.78. The van der Waals surface area contributed by atoms with E-state index in [1.54, 1.807) is 7.05 Å². The van der Waals surface area contributed by atoms with Gasteiger partial charge in [0.05, 0.1) is 0 Å². The average Bonchev–Trinajstić information content (AvgIpc) is 2.57. The zero-order valence-electron chi connectivity index (χ0n) is 15.5. The predicted octanol–water partition coefficient (Wildman–Crippen LogP) is 2.77. The largest absolute Gasteiger partial charge is 0.511 e. The van der Waals surface area contributed by atoms with Crippen molar-refractivity contribution in [2.75, 3.05) is 33.2 Å². The van der Waals surface area contributed by atoms with Crippen molar-refractivity contribution in [3.8, 4) is 0 Å². The summed E-state index contributed by atoms with van der Waals surface area (Å²) in [4.78, 5) is 4.14. The second-order valence-corrected chi connectivity index (χ2v) is 8.24. The van der Waals surface area contributed by atoms with E-state index < -0.39 is 15.5 Å². The molecule has 0 saturated carbocycles. The van der Waals surface area contributed by atoms with Gasteiger partial charge in [0.1, 0.15) is 0 Å². The van der Waals surface area contributed by atoms with Gasteiger partial charge in [0.2, 0.25) is 0 Å². The van der Waals surface area contributed by atoms with E-state index in [-0.39, 0.29) is 43.0 Å². The number of rotatable bonds is 7.